The Balaban J connectivity index is 2.60. The highest BCUT2D eigenvalue weighted by Gasteiger charge is 2.09. The van der Waals surface area contributed by atoms with E-state index in [-0.39, 0.29) is 0 Å². The topological polar surface area (TPSA) is 42.1 Å². The molecule has 18 heavy (non-hydrogen) atoms. The van der Waals surface area contributed by atoms with Crippen molar-refractivity contribution in [3.63, 3.8) is 0 Å². The number of hydrogen-bond donors (Lipinski definition) is 1. The van der Waals surface area contributed by atoms with Gasteiger partial charge >= 0.3 is 0 Å². The highest BCUT2D eigenvalue weighted by atomic mass is 32.1. The summed E-state index contributed by atoms with van der Waals surface area (Å²) in [6.07, 6.45) is 1.08. The molecular formula is C14H17N3S. The zero-order valence-electron chi connectivity index (χ0n) is 10.7. The summed E-state index contributed by atoms with van der Waals surface area (Å²) in [7, 11) is 2.03. The third kappa shape index (κ3) is 2.43. The standard InChI is InChI=1S/C14H17N3S/c1-3-8-17(2)13-9-11(14(15)18)10-6-4-5-7-12(10)16-13/h4-7,9H,3,8H2,1-2H3,(H2,15,18). The van der Waals surface area contributed by atoms with Crippen LogP contribution in [0.5, 0.6) is 0 Å². The van der Waals surface area contributed by atoms with E-state index in [0.29, 0.717) is 4.99 Å². The van der Waals surface area contributed by atoms with Gasteiger partial charge in [0, 0.05) is 24.5 Å². The molecule has 2 aromatic rings. The SMILES string of the molecule is CCCN(C)c1cc(C(N)=S)c2ccccc2n1. The minimum absolute atomic E-state index is 0.416. The molecular weight excluding hydrogens is 242 g/mol. The molecule has 0 aliphatic carbocycles. The van der Waals surface area contributed by atoms with Crippen molar-refractivity contribution in [1.29, 1.82) is 0 Å². The van der Waals surface area contributed by atoms with E-state index in [9.17, 15) is 0 Å². The molecule has 3 nitrogen and oxygen atoms in total. The number of thiocarbonyl (C=S) groups is 1. The number of fused-ring (bicyclic) bond motifs is 1. The van der Waals surface area contributed by atoms with Gasteiger partial charge in [-0.15, -0.1) is 0 Å². The first-order valence-corrected chi connectivity index (χ1v) is 6.45. The highest BCUT2D eigenvalue weighted by molar-refractivity contribution is 7.80. The third-order valence-electron chi connectivity index (χ3n) is 2.92. The molecule has 2 N–H and O–H groups in total. The van der Waals surface area contributed by atoms with E-state index in [1.54, 1.807) is 0 Å². The number of benzene rings is 1. The summed E-state index contributed by atoms with van der Waals surface area (Å²) in [5.41, 5.74) is 7.64. The third-order valence-corrected chi connectivity index (χ3v) is 3.14. The summed E-state index contributed by atoms with van der Waals surface area (Å²) < 4.78 is 0. The number of para-hydroxylation sites is 1. The summed E-state index contributed by atoms with van der Waals surface area (Å²) in [4.78, 5) is 7.18. The van der Waals surface area contributed by atoms with Crippen molar-refractivity contribution < 1.29 is 0 Å². The second-order valence-electron chi connectivity index (χ2n) is 4.33. The maximum atomic E-state index is 5.81. The highest BCUT2D eigenvalue weighted by Crippen LogP contribution is 2.22. The number of aromatic nitrogens is 1. The molecule has 0 spiro atoms. The molecule has 1 heterocycles. The minimum atomic E-state index is 0.416. The van der Waals surface area contributed by atoms with Crippen molar-refractivity contribution in [1.82, 2.24) is 4.98 Å². The molecule has 0 aliphatic rings. The smallest absolute Gasteiger partial charge is 0.129 e. The van der Waals surface area contributed by atoms with Crippen LogP contribution in [-0.2, 0) is 0 Å². The monoisotopic (exact) mass is 259 g/mol. The van der Waals surface area contributed by atoms with Crippen LogP contribution >= 0.6 is 12.2 Å². The Kier molecular flexibility index (Phi) is 3.77. The van der Waals surface area contributed by atoms with Gasteiger partial charge in [0.1, 0.15) is 10.8 Å². The molecule has 0 atom stereocenters. The van der Waals surface area contributed by atoms with Crippen LogP contribution in [0.15, 0.2) is 30.3 Å². The number of nitrogens with zero attached hydrogens (tertiary/aromatic N) is 2. The zero-order valence-corrected chi connectivity index (χ0v) is 11.5. The van der Waals surface area contributed by atoms with Gasteiger partial charge in [-0.05, 0) is 18.6 Å². The lowest BCUT2D eigenvalue weighted by atomic mass is 10.1. The molecule has 0 unspecified atom stereocenters. The van der Waals surface area contributed by atoms with Gasteiger partial charge in [0.25, 0.3) is 0 Å². The number of hydrogen-bond acceptors (Lipinski definition) is 3. The normalized spacial score (nSPS) is 10.6. The maximum Gasteiger partial charge on any atom is 0.129 e. The molecule has 0 saturated heterocycles. The van der Waals surface area contributed by atoms with Gasteiger partial charge < -0.3 is 10.6 Å². The quantitative estimate of drug-likeness (QED) is 0.857. The Morgan fingerprint density at radius 1 is 1.39 bits per heavy atom. The van der Waals surface area contributed by atoms with Gasteiger partial charge in [-0.3, -0.25) is 0 Å². The molecule has 0 bridgehead atoms. The summed E-state index contributed by atoms with van der Waals surface area (Å²) in [6.45, 7) is 3.11. The fraction of sp³-hybridized carbons (Fsp3) is 0.286. The van der Waals surface area contributed by atoms with Crippen molar-refractivity contribution in [2.24, 2.45) is 5.73 Å². The predicted molar refractivity (Wildman–Crippen MR) is 81.2 cm³/mol. The molecule has 0 radical (unpaired) electrons. The van der Waals surface area contributed by atoms with E-state index in [2.05, 4.69) is 16.8 Å². The van der Waals surface area contributed by atoms with Gasteiger partial charge in [-0.2, -0.15) is 0 Å². The van der Waals surface area contributed by atoms with Crippen molar-refractivity contribution in [2.45, 2.75) is 13.3 Å². The van der Waals surface area contributed by atoms with E-state index in [0.717, 1.165) is 35.2 Å². The number of rotatable bonds is 4. The van der Waals surface area contributed by atoms with Crippen molar-refractivity contribution in [3.8, 4) is 0 Å². The van der Waals surface area contributed by atoms with Gasteiger partial charge in [-0.1, -0.05) is 37.3 Å². The van der Waals surface area contributed by atoms with Crippen LogP contribution in [0.25, 0.3) is 10.9 Å². The molecule has 2 rings (SSSR count). The summed E-state index contributed by atoms with van der Waals surface area (Å²) in [6, 6.07) is 9.91. The first-order valence-electron chi connectivity index (χ1n) is 6.04. The van der Waals surface area contributed by atoms with E-state index < -0.39 is 0 Å². The summed E-state index contributed by atoms with van der Waals surface area (Å²) in [5, 5.41) is 1.01. The Labute approximate surface area is 113 Å². The lowest BCUT2D eigenvalue weighted by molar-refractivity contribution is 0.840. The zero-order chi connectivity index (χ0) is 13.1. The van der Waals surface area contributed by atoms with E-state index >= 15 is 0 Å². The number of anilines is 1. The maximum absolute atomic E-state index is 5.81. The molecule has 4 heteroatoms. The van der Waals surface area contributed by atoms with Crippen LogP contribution < -0.4 is 10.6 Å². The predicted octanol–water partition coefficient (Wildman–Crippen LogP) is 2.72. The lowest BCUT2D eigenvalue weighted by Crippen LogP contribution is -2.20. The van der Waals surface area contributed by atoms with Crippen LogP contribution in [0.4, 0.5) is 5.82 Å². The summed E-state index contributed by atoms with van der Waals surface area (Å²) >= 11 is 5.13. The van der Waals surface area contributed by atoms with Crippen molar-refractivity contribution >= 4 is 33.9 Å². The first kappa shape index (κ1) is 12.8. The van der Waals surface area contributed by atoms with Crippen LogP contribution in [0.3, 0.4) is 0 Å². The van der Waals surface area contributed by atoms with Crippen LogP contribution in [0, 0.1) is 0 Å². The molecule has 94 valence electrons. The fourth-order valence-corrected chi connectivity index (χ4v) is 2.18. The Bertz CT molecular complexity index is 580. The molecule has 1 aromatic heterocycles. The van der Waals surface area contributed by atoms with E-state index in [1.165, 1.54) is 0 Å². The largest absolute Gasteiger partial charge is 0.389 e. The van der Waals surface area contributed by atoms with E-state index in [4.69, 9.17) is 18.0 Å². The van der Waals surface area contributed by atoms with Crippen LogP contribution in [-0.4, -0.2) is 23.6 Å². The lowest BCUT2D eigenvalue weighted by Gasteiger charge is -2.19. The molecule has 0 amide bonds. The molecule has 1 aromatic carbocycles. The first-order chi connectivity index (χ1) is 8.63. The molecule has 0 saturated carbocycles. The fourth-order valence-electron chi connectivity index (χ4n) is 2.01. The second kappa shape index (κ2) is 5.31. The average Bonchev–Trinajstić information content (AvgIpc) is 2.37. The van der Waals surface area contributed by atoms with Crippen molar-refractivity contribution in [2.75, 3.05) is 18.5 Å². The van der Waals surface area contributed by atoms with Crippen LogP contribution in [0.1, 0.15) is 18.9 Å². The van der Waals surface area contributed by atoms with Crippen LogP contribution in [0.2, 0.25) is 0 Å². The molecule has 0 fully saturated rings. The van der Waals surface area contributed by atoms with E-state index in [1.807, 2.05) is 37.4 Å². The molecule has 0 aliphatic heterocycles. The Morgan fingerprint density at radius 2 is 2.11 bits per heavy atom. The Hall–Kier alpha value is -1.68. The van der Waals surface area contributed by atoms with Gasteiger partial charge in [0.15, 0.2) is 0 Å². The second-order valence-corrected chi connectivity index (χ2v) is 4.77. The average molecular weight is 259 g/mol. The van der Waals surface area contributed by atoms with Crippen molar-refractivity contribution in [3.05, 3.63) is 35.9 Å². The Morgan fingerprint density at radius 3 is 2.78 bits per heavy atom. The summed E-state index contributed by atoms with van der Waals surface area (Å²) in [5.74, 6) is 0.915. The number of nitrogens with two attached hydrogens (primary N) is 1. The van der Waals surface area contributed by atoms with Gasteiger partial charge in [0.05, 0.1) is 5.52 Å². The van der Waals surface area contributed by atoms with Gasteiger partial charge in [-0.25, -0.2) is 4.98 Å². The van der Waals surface area contributed by atoms with Gasteiger partial charge in [0.2, 0.25) is 0 Å². The number of pyridine rings is 1. The minimum Gasteiger partial charge on any atom is -0.389 e.